The zero-order valence-corrected chi connectivity index (χ0v) is 55.8. The summed E-state index contributed by atoms with van der Waals surface area (Å²) in [6.07, 6.45) is 14.4. The number of nitrogens with one attached hydrogen (secondary N) is 2. The number of hydrogen-bond acceptors (Lipinski definition) is 14. The van der Waals surface area contributed by atoms with Crippen molar-refractivity contribution in [1.82, 2.24) is 40.3 Å². The highest BCUT2D eigenvalue weighted by molar-refractivity contribution is 5.75. The number of hydrogen-bond donors (Lipinski definition) is 4. The summed E-state index contributed by atoms with van der Waals surface area (Å²) in [5.41, 5.74) is 28.2. The van der Waals surface area contributed by atoms with Crippen LogP contribution < -0.4 is 22.1 Å². The molecule has 16 heteroatoms. The Labute approximate surface area is 532 Å². The first-order chi connectivity index (χ1) is 42.4. The Morgan fingerprint density at radius 1 is 0.640 bits per heavy atom. The SMILES string of the molecule is CC(C)(C)OC(=O)N1Cc2ccccc2C[C@@H]1C=O.CCCCC=O.Cc1cnc(CN(CCCCN)C[C@H]2Cc3ccccc3CN2)c(C)c1.Cc1cnc(CN)c(C)c1.Cc1cnc(CNC[C@H]2Cc3ccccc3CN2C(=O)OC(C)(C)C)c(C)c1. The Balaban J connectivity index is 0.000000218. The Hall–Kier alpha value is -7.21. The van der Waals surface area contributed by atoms with Gasteiger partial charge in [-0.3, -0.25) is 29.7 Å². The minimum Gasteiger partial charge on any atom is -0.444 e. The van der Waals surface area contributed by atoms with Crippen molar-refractivity contribution in [3.63, 3.8) is 0 Å². The third kappa shape index (κ3) is 24.9. The molecule has 2 amide bonds. The Bertz CT molecular complexity index is 3170. The molecule has 6 aromatic rings. The molecule has 0 bridgehead atoms. The van der Waals surface area contributed by atoms with Gasteiger partial charge in [0.15, 0.2) is 0 Å². The van der Waals surface area contributed by atoms with Crippen LogP contribution in [0.15, 0.2) is 110 Å². The molecule has 0 unspecified atom stereocenters. The van der Waals surface area contributed by atoms with Crippen LogP contribution in [0.3, 0.4) is 0 Å². The summed E-state index contributed by atoms with van der Waals surface area (Å²) in [6.45, 7) is 33.4. The number of ether oxygens (including phenoxy) is 2. The second kappa shape index (κ2) is 36.4. The maximum absolute atomic E-state index is 12.8. The predicted molar refractivity (Wildman–Crippen MR) is 358 cm³/mol. The number of unbranched alkanes of at least 4 members (excludes halogenated alkanes) is 3. The molecular weight excluding hydrogens is 1110 g/mol. The largest absolute Gasteiger partial charge is 0.444 e. The van der Waals surface area contributed by atoms with Gasteiger partial charge in [-0.15, -0.1) is 0 Å². The van der Waals surface area contributed by atoms with E-state index >= 15 is 0 Å². The second-order valence-corrected chi connectivity index (χ2v) is 25.8. The van der Waals surface area contributed by atoms with Gasteiger partial charge in [-0.05, 0) is 195 Å². The van der Waals surface area contributed by atoms with Gasteiger partial charge in [0, 0.05) is 83.3 Å². The lowest BCUT2D eigenvalue weighted by atomic mass is 9.94. The summed E-state index contributed by atoms with van der Waals surface area (Å²) in [5, 5.41) is 7.22. The van der Waals surface area contributed by atoms with Gasteiger partial charge in [-0.25, -0.2) is 9.59 Å². The molecule has 0 saturated heterocycles. The average molecular weight is 1220 g/mol. The van der Waals surface area contributed by atoms with Crippen molar-refractivity contribution in [2.75, 3.05) is 26.2 Å². The van der Waals surface area contributed by atoms with E-state index in [1.165, 1.54) is 66.2 Å². The molecule has 9 rings (SSSR count). The molecule has 482 valence electrons. The van der Waals surface area contributed by atoms with Crippen molar-refractivity contribution >= 4 is 24.8 Å². The number of fused-ring (bicyclic) bond motifs is 3. The standard InChI is InChI=1S/C23H31N3O2.C22H32N4.C15H19NO3.C8H12N2.C5H10O/c1-16-10-17(2)21(25-12-16)14-24-13-20-11-18-8-6-7-9-19(18)15-26(20)22(27)28-23(3,4)5;1-17-11-18(2)22(25-13-17)16-26(10-6-5-9-23)15-21-12-19-7-3-4-8-20(19)14-24-21;1-15(2,3)19-14(18)16-9-12-7-5-4-6-11(12)8-13(16)10-17;1-6-3-7(2)8(4-9)10-5-6;1-2-3-4-5-6/h6-10,12,20,24H,11,13-15H2,1-5H3;3-4,7-8,11,13,21,24H,5-6,9-10,12,14-16,23H2,1-2H3;4-7,10,13H,8-9H2,1-3H3;3,5H,4,9H2,1-2H3;5H,2-4H2,1H3/t20-;21-;13-;;/m111../s1. The Morgan fingerprint density at radius 3 is 1.61 bits per heavy atom. The van der Waals surface area contributed by atoms with Crippen LogP contribution in [-0.4, -0.2) is 110 Å². The highest BCUT2D eigenvalue weighted by Crippen LogP contribution is 2.27. The normalized spacial score (nSPS) is 15.8. The van der Waals surface area contributed by atoms with Crippen molar-refractivity contribution in [2.24, 2.45) is 11.5 Å². The summed E-state index contributed by atoms with van der Waals surface area (Å²) in [4.78, 5) is 65.0. The molecular formula is C73H104N10O6. The van der Waals surface area contributed by atoms with Gasteiger partial charge >= 0.3 is 12.2 Å². The summed E-state index contributed by atoms with van der Waals surface area (Å²) in [6, 6.07) is 31.6. The smallest absolute Gasteiger partial charge is 0.411 e. The van der Waals surface area contributed by atoms with Crippen molar-refractivity contribution in [1.29, 1.82) is 0 Å². The van der Waals surface area contributed by atoms with Crippen molar-refractivity contribution < 1.29 is 28.7 Å². The lowest BCUT2D eigenvalue weighted by molar-refractivity contribution is -0.113. The molecule has 0 spiro atoms. The van der Waals surface area contributed by atoms with E-state index in [1.54, 1.807) is 0 Å². The van der Waals surface area contributed by atoms with Crippen LogP contribution in [0.2, 0.25) is 0 Å². The van der Waals surface area contributed by atoms with E-state index in [1.807, 2.05) is 109 Å². The summed E-state index contributed by atoms with van der Waals surface area (Å²) in [5.74, 6) is 0. The van der Waals surface area contributed by atoms with E-state index in [0.717, 1.165) is 113 Å². The fourth-order valence-corrected chi connectivity index (χ4v) is 10.8. The van der Waals surface area contributed by atoms with Gasteiger partial charge in [0.25, 0.3) is 0 Å². The minimum absolute atomic E-state index is 0.0514. The van der Waals surface area contributed by atoms with E-state index in [9.17, 15) is 19.2 Å². The van der Waals surface area contributed by atoms with Crippen LogP contribution in [-0.2, 0) is 77.6 Å². The third-order valence-electron chi connectivity index (χ3n) is 15.5. The quantitative estimate of drug-likeness (QED) is 0.0494. The first kappa shape index (κ1) is 72.5. The third-order valence-corrected chi connectivity index (χ3v) is 15.5. The van der Waals surface area contributed by atoms with E-state index in [4.69, 9.17) is 20.9 Å². The number of aryl methyl sites for hydroxylation is 6. The zero-order valence-electron chi connectivity index (χ0n) is 55.8. The van der Waals surface area contributed by atoms with Gasteiger partial charge in [0.05, 0.1) is 35.7 Å². The minimum atomic E-state index is -0.554. The molecule has 0 fully saturated rings. The fraction of sp³-hybridized carbons (Fsp3) is 0.493. The van der Waals surface area contributed by atoms with Gasteiger partial charge in [-0.2, -0.15) is 0 Å². The van der Waals surface area contributed by atoms with E-state index < -0.39 is 23.3 Å². The zero-order chi connectivity index (χ0) is 65.1. The summed E-state index contributed by atoms with van der Waals surface area (Å²) in [7, 11) is 0. The van der Waals surface area contributed by atoms with Crippen molar-refractivity contribution in [2.45, 2.75) is 210 Å². The molecule has 3 aliphatic rings. The lowest BCUT2D eigenvalue weighted by Gasteiger charge is -2.38. The van der Waals surface area contributed by atoms with Gasteiger partial charge in [0.1, 0.15) is 23.8 Å². The number of pyridine rings is 3. The number of carbonyl (C=O) groups excluding carboxylic acids is 4. The molecule has 3 aromatic carbocycles. The molecule has 3 aliphatic heterocycles. The summed E-state index contributed by atoms with van der Waals surface area (Å²) < 4.78 is 11.0. The highest BCUT2D eigenvalue weighted by Gasteiger charge is 2.34. The van der Waals surface area contributed by atoms with Crippen LogP contribution in [0.4, 0.5) is 9.59 Å². The number of amides is 2. The van der Waals surface area contributed by atoms with Crippen LogP contribution in [0.25, 0.3) is 0 Å². The van der Waals surface area contributed by atoms with Crippen LogP contribution >= 0.6 is 0 Å². The molecule has 89 heavy (non-hydrogen) atoms. The van der Waals surface area contributed by atoms with Crippen LogP contribution in [0, 0.1) is 41.5 Å². The fourth-order valence-electron chi connectivity index (χ4n) is 10.8. The average Bonchev–Trinajstić information content (AvgIpc) is 2.90. The molecule has 0 radical (unpaired) electrons. The monoisotopic (exact) mass is 1220 g/mol. The number of carbonyl (C=O) groups is 4. The molecule has 6 heterocycles. The van der Waals surface area contributed by atoms with Crippen LogP contribution in [0.5, 0.6) is 0 Å². The number of rotatable bonds is 17. The molecule has 3 atom stereocenters. The number of nitrogens with zero attached hydrogens (tertiary/aromatic N) is 6. The molecule has 16 nitrogen and oxygen atoms in total. The molecule has 0 saturated carbocycles. The highest BCUT2D eigenvalue weighted by atomic mass is 16.6. The van der Waals surface area contributed by atoms with E-state index in [2.05, 4.69) is 126 Å². The van der Waals surface area contributed by atoms with Crippen LogP contribution in [0.1, 0.15) is 164 Å². The van der Waals surface area contributed by atoms with Gasteiger partial charge in [0.2, 0.25) is 0 Å². The Kier molecular flexibility index (Phi) is 29.7. The molecule has 3 aromatic heterocycles. The topological polar surface area (TPSA) is 211 Å². The maximum atomic E-state index is 12.8. The van der Waals surface area contributed by atoms with Gasteiger partial charge in [-0.1, -0.05) is 104 Å². The molecule has 6 N–H and O–H groups in total. The second-order valence-electron chi connectivity index (χ2n) is 25.8. The number of nitrogens with two attached hydrogens (primary N) is 2. The predicted octanol–water partition coefficient (Wildman–Crippen LogP) is 12.2. The first-order valence-electron chi connectivity index (χ1n) is 31.9. The van der Waals surface area contributed by atoms with Crippen molar-refractivity contribution in [3.8, 4) is 0 Å². The Morgan fingerprint density at radius 2 is 1.12 bits per heavy atom. The van der Waals surface area contributed by atoms with Gasteiger partial charge < -0.3 is 41.2 Å². The van der Waals surface area contributed by atoms with Crippen molar-refractivity contribution in [3.05, 3.63) is 193 Å². The maximum Gasteiger partial charge on any atom is 0.411 e. The first-order valence-corrected chi connectivity index (χ1v) is 31.9. The summed E-state index contributed by atoms with van der Waals surface area (Å²) >= 11 is 0. The van der Waals surface area contributed by atoms with E-state index in [-0.39, 0.29) is 12.1 Å². The molecule has 0 aliphatic carbocycles. The van der Waals surface area contributed by atoms with E-state index in [0.29, 0.717) is 45.2 Å². The number of aldehydes is 2. The number of aromatic nitrogens is 3. The lowest BCUT2D eigenvalue weighted by Crippen LogP contribution is -2.50. The number of benzene rings is 3.